The van der Waals surface area contributed by atoms with Gasteiger partial charge >= 0.3 is 5.97 Å². The molecule has 0 saturated carbocycles. The highest BCUT2D eigenvalue weighted by Gasteiger charge is 2.26. The average molecular weight is 271 g/mol. The lowest BCUT2D eigenvalue weighted by Gasteiger charge is -2.19. The van der Waals surface area contributed by atoms with Crippen molar-refractivity contribution >= 4 is 22.6 Å². The maximum atomic E-state index is 11.2. The molecule has 2 atom stereocenters. The standard InChI is InChI=1S/C12H21N3O2S/c1-6-7(2)8(9(16)17)13-11-14-10(15-18-11)12(3,4)5/h7-8H,6H2,1-5H3,(H,16,17)(H,13,14,15)/t7-,8-/m0/s1. The van der Waals surface area contributed by atoms with E-state index < -0.39 is 12.0 Å². The van der Waals surface area contributed by atoms with Crippen LogP contribution in [0.5, 0.6) is 0 Å². The van der Waals surface area contributed by atoms with E-state index in [0.717, 1.165) is 12.2 Å². The lowest BCUT2D eigenvalue weighted by Crippen LogP contribution is -2.35. The molecule has 0 unspecified atom stereocenters. The van der Waals surface area contributed by atoms with Gasteiger partial charge in [0.2, 0.25) is 5.13 Å². The molecule has 102 valence electrons. The third kappa shape index (κ3) is 3.66. The summed E-state index contributed by atoms with van der Waals surface area (Å²) in [7, 11) is 0. The van der Waals surface area contributed by atoms with Crippen molar-refractivity contribution in [2.45, 2.75) is 52.5 Å². The first kappa shape index (κ1) is 14.9. The third-order valence-electron chi connectivity index (χ3n) is 2.85. The van der Waals surface area contributed by atoms with Crippen LogP contribution in [0.25, 0.3) is 0 Å². The van der Waals surface area contributed by atoms with E-state index >= 15 is 0 Å². The molecule has 1 aromatic heterocycles. The molecule has 1 aromatic rings. The first-order valence-electron chi connectivity index (χ1n) is 6.09. The zero-order chi connectivity index (χ0) is 13.9. The molecule has 0 bridgehead atoms. The van der Waals surface area contributed by atoms with Crippen LogP contribution in [0.4, 0.5) is 5.13 Å². The molecule has 0 radical (unpaired) electrons. The van der Waals surface area contributed by atoms with Crippen molar-refractivity contribution in [2.24, 2.45) is 5.92 Å². The van der Waals surface area contributed by atoms with Crippen LogP contribution in [0.2, 0.25) is 0 Å². The Morgan fingerprint density at radius 3 is 2.50 bits per heavy atom. The number of nitrogens with one attached hydrogen (secondary N) is 1. The van der Waals surface area contributed by atoms with Gasteiger partial charge in [-0.2, -0.15) is 4.37 Å². The number of nitrogens with zero attached hydrogens (tertiary/aromatic N) is 2. The molecule has 1 heterocycles. The molecule has 0 saturated heterocycles. The van der Waals surface area contributed by atoms with Gasteiger partial charge in [-0.15, -0.1) is 0 Å². The van der Waals surface area contributed by atoms with E-state index in [-0.39, 0.29) is 11.3 Å². The van der Waals surface area contributed by atoms with Crippen molar-refractivity contribution in [3.05, 3.63) is 5.82 Å². The Balaban J connectivity index is 2.82. The van der Waals surface area contributed by atoms with Crippen LogP contribution >= 0.6 is 11.5 Å². The van der Waals surface area contributed by atoms with Crippen molar-refractivity contribution in [1.29, 1.82) is 0 Å². The molecule has 18 heavy (non-hydrogen) atoms. The zero-order valence-electron chi connectivity index (χ0n) is 11.5. The van der Waals surface area contributed by atoms with E-state index in [1.807, 2.05) is 34.6 Å². The van der Waals surface area contributed by atoms with Gasteiger partial charge in [0.05, 0.1) is 0 Å². The van der Waals surface area contributed by atoms with Gasteiger partial charge in [-0.05, 0) is 5.92 Å². The van der Waals surface area contributed by atoms with Crippen LogP contribution in [0, 0.1) is 5.92 Å². The molecule has 5 nitrogen and oxygen atoms in total. The number of anilines is 1. The molecule has 2 N–H and O–H groups in total. The van der Waals surface area contributed by atoms with Crippen molar-refractivity contribution in [1.82, 2.24) is 9.36 Å². The Morgan fingerprint density at radius 1 is 1.50 bits per heavy atom. The predicted octanol–water partition coefficient (Wildman–Crippen LogP) is 2.75. The van der Waals surface area contributed by atoms with Crippen molar-refractivity contribution in [3.8, 4) is 0 Å². The summed E-state index contributed by atoms with van der Waals surface area (Å²) in [4.78, 5) is 15.6. The van der Waals surface area contributed by atoms with Crippen LogP contribution in [0.1, 0.15) is 46.9 Å². The molecular formula is C12H21N3O2S. The van der Waals surface area contributed by atoms with Gasteiger partial charge in [-0.1, -0.05) is 41.0 Å². The minimum atomic E-state index is -0.850. The fourth-order valence-corrected chi connectivity index (χ4v) is 2.20. The summed E-state index contributed by atoms with van der Waals surface area (Å²) in [6.07, 6.45) is 0.800. The minimum absolute atomic E-state index is 0.0458. The van der Waals surface area contributed by atoms with Gasteiger partial charge in [0.25, 0.3) is 0 Å². The largest absolute Gasteiger partial charge is 0.480 e. The molecule has 0 spiro atoms. The van der Waals surface area contributed by atoms with Crippen LogP contribution < -0.4 is 5.32 Å². The van der Waals surface area contributed by atoms with E-state index in [1.165, 1.54) is 11.5 Å². The molecule has 0 aliphatic heterocycles. The Bertz CT molecular complexity index is 412. The molecule has 0 aliphatic carbocycles. The lowest BCUT2D eigenvalue weighted by atomic mass is 9.96. The number of carboxylic acid groups (broad SMARTS) is 1. The van der Waals surface area contributed by atoms with Gasteiger partial charge in [0.1, 0.15) is 11.9 Å². The van der Waals surface area contributed by atoms with Crippen LogP contribution in [0.15, 0.2) is 0 Å². The average Bonchev–Trinajstić information content (AvgIpc) is 2.72. The maximum absolute atomic E-state index is 11.2. The van der Waals surface area contributed by atoms with E-state index in [0.29, 0.717) is 5.13 Å². The highest BCUT2D eigenvalue weighted by molar-refractivity contribution is 7.09. The highest BCUT2D eigenvalue weighted by atomic mass is 32.1. The first-order chi connectivity index (χ1) is 8.25. The number of rotatable bonds is 5. The molecular weight excluding hydrogens is 250 g/mol. The Morgan fingerprint density at radius 2 is 2.11 bits per heavy atom. The van der Waals surface area contributed by atoms with Gasteiger partial charge in [-0.3, -0.25) is 0 Å². The summed E-state index contributed by atoms with van der Waals surface area (Å²) in [5.74, 6) is -0.0652. The van der Waals surface area contributed by atoms with E-state index in [9.17, 15) is 9.90 Å². The first-order valence-corrected chi connectivity index (χ1v) is 6.86. The number of carboxylic acids is 1. The summed E-state index contributed by atoms with van der Waals surface area (Å²) < 4.78 is 4.26. The Hall–Kier alpha value is -1.17. The summed E-state index contributed by atoms with van der Waals surface area (Å²) in [6.45, 7) is 9.98. The van der Waals surface area contributed by atoms with E-state index in [1.54, 1.807) is 0 Å². The number of carbonyl (C=O) groups is 1. The van der Waals surface area contributed by atoms with Crippen LogP contribution in [0.3, 0.4) is 0 Å². The summed E-state index contributed by atoms with van der Waals surface area (Å²) in [6, 6.07) is -0.615. The zero-order valence-corrected chi connectivity index (χ0v) is 12.3. The molecule has 0 amide bonds. The normalized spacial score (nSPS) is 15.2. The molecule has 6 heteroatoms. The molecule has 0 aliphatic rings. The summed E-state index contributed by atoms with van der Waals surface area (Å²) in [5, 5.41) is 12.7. The van der Waals surface area contributed by atoms with Crippen LogP contribution in [-0.2, 0) is 10.2 Å². The third-order valence-corrected chi connectivity index (χ3v) is 3.50. The molecule has 1 rings (SSSR count). The second-order valence-electron chi connectivity index (χ2n) is 5.52. The fourth-order valence-electron chi connectivity index (χ4n) is 1.40. The predicted molar refractivity (Wildman–Crippen MR) is 73.1 cm³/mol. The number of hydrogen-bond donors (Lipinski definition) is 2. The Labute approximate surface area is 112 Å². The maximum Gasteiger partial charge on any atom is 0.326 e. The monoisotopic (exact) mass is 271 g/mol. The topological polar surface area (TPSA) is 75.1 Å². The highest BCUT2D eigenvalue weighted by Crippen LogP contribution is 2.24. The van der Waals surface area contributed by atoms with Gasteiger partial charge in [-0.25, -0.2) is 9.78 Å². The van der Waals surface area contributed by atoms with Crippen molar-refractivity contribution in [2.75, 3.05) is 5.32 Å². The fraction of sp³-hybridized carbons (Fsp3) is 0.750. The van der Waals surface area contributed by atoms with E-state index in [2.05, 4.69) is 14.7 Å². The lowest BCUT2D eigenvalue weighted by molar-refractivity contribution is -0.139. The number of hydrogen-bond acceptors (Lipinski definition) is 5. The van der Waals surface area contributed by atoms with Gasteiger partial charge < -0.3 is 10.4 Å². The van der Waals surface area contributed by atoms with Crippen LogP contribution in [-0.4, -0.2) is 26.5 Å². The van der Waals surface area contributed by atoms with Crippen molar-refractivity contribution < 1.29 is 9.90 Å². The SMILES string of the molecule is CC[C@H](C)[C@H](Nc1nc(C(C)(C)C)ns1)C(=O)O. The Kier molecular flexibility index (Phi) is 4.67. The molecule has 0 aromatic carbocycles. The van der Waals surface area contributed by atoms with Gasteiger partial charge in [0.15, 0.2) is 0 Å². The number of aromatic nitrogens is 2. The molecule has 0 fully saturated rings. The summed E-state index contributed by atoms with van der Waals surface area (Å²) in [5.41, 5.74) is -0.120. The quantitative estimate of drug-likeness (QED) is 0.861. The smallest absolute Gasteiger partial charge is 0.326 e. The van der Waals surface area contributed by atoms with Crippen molar-refractivity contribution in [3.63, 3.8) is 0 Å². The van der Waals surface area contributed by atoms with E-state index in [4.69, 9.17) is 0 Å². The second-order valence-corrected chi connectivity index (χ2v) is 6.27. The summed E-state index contributed by atoms with van der Waals surface area (Å²) >= 11 is 1.21. The van der Waals surface area contributed by atoms with Gasteiger partial charge in [0, 0.05) is 16.9 Å². The number of aliphatic carboxylic acids is 1. The second kappa shape index (κ2) is 5.65. The minimum Gasteiger partial charge on any atom is -0.480 e.